The average Bonchev–Trinajstić information content (AvgIpc) is 3.19. The van der Waals surface area contributed by atoms with Crippen LogP contribution in [0.25, 0.3) is 0 Å². The van der Waals surface area contributed by atoms with Gasteiger partial charge in [0.1, 0.15) is 12.4 Å². The molecule has 0 amide bonds. The summed E-state index contributed by atoms with van der Waals surface area (Å²) in [7, 11) is 2.06. The van der Waals surface area contributed by atoms with Crippen molar-refractivity contribution in [1.29, 1.82) is 0 Å². The van der Waals surface area contributed by atoms with Crippen molar-refractivity contribution in [3.63, 3.8) is 0 Å². The summed E-state index contributed by atoms with van der Waals surface area (Å²) in [6.07, 6.45) is 7.03. The van der Waals surface area contributed by atoms with Crippen LogP contribution in [0.4, 0.5) is 0 Å². The fourth-order valence-electron chi connectivity index (χ4n) is 3.11. The SMILES string of the molecule is CCC#CCN1CCCC(c2nnc(Cn3cccn3)n2C)C1. The van der Waals surface area contributed by atoms with E-state index in [1.165, 1.54) is 12.8 Å². The van der Waals surface area contributed by atoms with E-state index in [9.17, 15) is 0 Å². The van der Waals surface area contributed by atoms with Gasteiger partial charge in [0, 0.05) is 38.3 Å². The number of nitrogens with zero attached hydrogens (tertiary/aromatic N) is 6. The lowest BCUT2D eigenvalue weighted by Crippen LogP contribution is -2.35. The maximum Gasteiger partial charge on any atom is 0.154 e. The molecule has 2 aromatic heterocycles. The first-order chi connectivity index (χ1) is 11.3. The van der Waals surface area contributed by atoms with Gasteiger partial charge in [0.05, 0.1) is 6.54 Å². The molecule has 0 saturated carbocycles. The summed E-state index contributed by atoms with van der Waals surface area (Å²) >= 11 is 0. The molecule has 0 spiro atoms. The van der Waals surface area contributed by atoms with Crippen LogP contribution in [-0.4, -0.2) is 49.1 Å². The van der Waals surface area contributed by atoms with Crippen LogP contribution < -0.4 is 0 Å². The summed E-state index contributed by atoms with van der Waals surface area (Å²) in [5.74, 6) is 8.88. The minimum Gasteiger partial charge on any atom is -0.316 e. The molecule has 3 heterocycles. The third kappa shape index (κ3) is 3.80. The number of likely N-dealkylation sites (tertiary alicyclic amines) is 1. The van der Waals surface area contributed by atoms with Crippen molar-refractivity contribution in [2.24, 2.45) is 7.05 Å². The molecule has 1 fully saturated rings. The Morgan fingerprint density at radius 1 is 1.30 bits per heavy atom. The fraction of sp³-hybridized carbons (Fsp3) is 0.588. The summed E-state index contributed by atoms with van der Waals surface area (Å²) in [4.78, 5) is 2.43. The molecular formula is C17H24N6. The van der Waals surface area contributed by atoms with Gasteiger partial charge in [0.15, 0.2) is 5.82 Å². The maximum absolute atomic E-state index is 4.46. The summed E-state index contributed by atoms with van der Waals surface area (Å²) < 4.78 is 4.01. The highest BCUT2D eigenvalue weighted by atomic mass is 15.3. The highest BCUT2D eigenvalue weighted by Crippen LogP contribution is 2.25. The lowest BCUT2D eigenvalue weighted by atomic mass is 9.97. The van der Waals surface area contributed by atoms with E-state index >= 15 is 0 Å². The molecule has 1 atom stereocenters. The quantitative estimate of drug-likeness (QED) is 0.806. The summed E-state index contributed by atoms with van der Waals surface area (Å²) in [5, 5.41) is 13.1. The highest BCUT2D eigenvalue weighted by Gasteiger charge is 2.25. The smallest absolute Gasteiger partial charge is 0.154 e. The predicted molar refractivity (Wildman–Crippen MR) is 88.8 cm³/mol. The van der Waals surface area contributed by atoms with Gasteiger partial charge in [0.25, 0.3) is 0 Å². The highest BCUT2D eigenvalue weighted by molar-refractivity contribution is 5.06. The van der Waals surface area contributed by atoms with Crippen molar-refractivity contribution >= 4 is 0 Å². The topological polar surface area (TPSA) is 51.8 Å². The Morgan fingerprint density at radius 2 is 2.22 bits per heavy atom. The minimum atomic E-state index is 0.441. The van der Waals surface area contributed by atoms with E-state index in [4.69, 9.17) is 0 Å². The maximum atomic E-state index is 4.46. The van der Waals surface area contributed by atoms with Gasteiger partial charge >= 0.3 is 0 Å². The molecule has 1 unspecified atom stereocenters. The second-order valence-electron chi connectivity index (χ2n) is 6.02. The zero-order chi connectivity index (χ0) is 16.1. The van der Waals surface area contributed by atoms with Gasteiger partial charge in [-0.2, -0.15) is 5.10 Å². The van der Waals surface area contributed by atoms with E-state index in [0.717, 1.165) is 37.7 Å². The van der Waals surface area contributed by atoms with Crippen molar-refractivity contribution in [1.82, 2.24) is 29.4 Å². The molecule has 122 valence electrons. The fourth-order valence-corrected chi connectivity index (χ4v) is 3.11. The van der Waals surface area contributed by atoms with Gasteiger partial charge in [0.2, 0.25) is 0 Å². The van der Waals surface area contributed by atoms with Crippen LogP contribution in [0.3, 0.4) is 0 Å². The van der Waals surface area contributed by atoms with Crippen LogP contribution >= 0.6 is 0 Å². The lowest BCUT2D eigenvalue weighted by molar-refractivity contribution is 0.224. The minimum absolute atomic E-state index is 0.441. The molecular weight excluding hydrogens is 288 g/mol. The summed E-state index contributed by atoms with van der Waals surface area (Å²) in [6, 6.07) is 1.92. The average molecular weight is 312 g/mol. The van der Waals surface area contributed by atoms with Gasteiger partial charge in [-0.1, -0.05) is 12.8 Å². The Labute approximate surface area is 137 Å². The third-order valence-corrected chi connectivity index (χ3v) is 4.34. The molecule has 0 bridgehead atoms. The first-order valence-corrected chi connectivity index (χ1v) is 8.31. The van der Waals surface area contributed by atoms with E-state index < -0.39 is 0 Å². The molecule has 6 heteroatoms. The van der Waals surface area contributed by atoms with E-state index in [1.807, 2.05) is 16.9 Å². The van der Waals surface area contributed by atoms with Crippen LogP contribution in [0.15, 0.2) is 18.5 Å². The normalized spacial score (nSPS) is 18.6. The Bertz CT molecular complexity index is 676. The second-order valence-corrected chi connectivity index (χ2v) is 6.02. The van der Waals surface area contributed by atoms with Crippen LogP contribution in [0, 0.1) is 11.8 Å². The molecule has 1 aliphatic rings. The predicted octanol–water partition coefficient (Wildman–Crippen LogP) is 1.65. The standard InChI is InChI=1S/C17H24N6/c1-3-4-5-10-22-11-6-8-15(13-22)17-20-19-16(21(17)2)14-23-12-7-9-18-23/h7,9,12,15H,3,6,8,10-11,13-14H2,1-2H3. The van der Waals surface area contributed by atoms with Gasteiger partial charge < -0.3 is 4.57 Å². The number of hydrogen-bond donors (Lipinski definition) is 0. The van der Waals surface area contributed by atoms with E-state index in [0.29, 0.717) is 12.5 Å². The second kappa shape index (κ2) is 7.42. The van der Waals surface area contributed by atoms with Crippen molar-refractivity contribution < 1.29 is 0 Å². The molecule has 1 aliphatic heterocycles. The summed E-state index contributed by atoms with van der Waals surface area (Å²) in [5.41, 5.74) is 0. The number of aromatic nitrogens is 5. The van der Waals surface area contributed by atoms with Crippen LogP contribution in [0.5, 0.6) is 0 Å². The molecule has 3 rings (SSSR count). The van der Waals surface area contributed by atoms with Crippen molar-refractivity contribution in [3.8, 4) is 11.8 Å². The molecule has 23 heavy (non-hydrogen) atoms. The molecule has 1 saturated heterocycles. The zero-order valence-corrected chi connectivity index (χ0v) is 13.9. The van der Waals surface area contributed by atoms with Crippen molar-refractivity contribution in [2.75, 3.05) is 19.6 Å². The largest absolute Gasteiger partial charge is 0.316 e. The first kappa shape index (κ1) is 15.8. The zero-order valence-electron chi connectivity index (χ0n) is 13.9. The van der Waals surface area contributed by atoms with Crippen molar-refractivity contribution in [3.05, 3.63) is 30.1 Å². The molecule has 2 aromatic rings. The molecule has 0 radical (unpaired) electrons. The van der Waals surface area contributed by atoms with Gasteiger partial charge in [-0.25, -0.2) is 0 Å². The van der Waals surface area contributed by atoms with Crippen LogP contribution in [-0.2, 0) is 13.6 Å². The van der Waals surface area contributed by atoms with E-state index in [1.54, 1.807) is 6.20 Å². The van der Waals surface area contributed by atoms with Crippen LogP contribution in [0.2, 0.25) is 0 Å². The summed E-state index contributed by atoms with van der Waals surface area (Å²) in [6.45, 7) is 5.77. The molecule has 0 N–H and O–H groups in total. The van der Waals surface area contributed by atoms with Crippen LogP contribution in [0.1, 0.15) is 43.8 Å². The number of rotatable bonds is 4. The van der Waals surface area contributed by atoms with E-state index in [2.05, 4.69) is 50.6 Å². The molecule has 6 nitrogen and oxygen atoms in total. The number of hydrogen-bond acceptors (Lipinski definition) is 4. The Kier molecular flexibility index (Phi) is 5.09. The van der Waals surface area contributed by atoms with Gasteiger partial charge in [-0.05, 0) is 25.5 Å². The van der Waals surface area contributed by atoms with Crippen molar-refractivity contribution in [2.45, 2.75) is 38.6 Å². The van der Waals surface area contributed by atoms with E-state index in [-0.39, 0.29) is 0 Å². The third-order valence-electron chi connectivity index (χ3n) is 4.34. The Balaban J connectivity index is 1.67. The monoisotopic (exact) mass is 312 g/mol. The first-order valence-electron chi connectivity index (χ1n) is 8.31. The van der Waals surface area contributed by atoms with Gasteiger partial charge in [-0.15, -0.1) is 16.1 Å². The molecule has 0 aromatic carbocycles. The lowest BCUT2D eigenvalue weighted by Gasteiger charge is -2.30. The Morgan fingerprint density at radius 3 is 3.00 bits per heavy atom. The Hall–Kier alpha value is -2.13. The number of piperidine rings is 1. The van der Waals surface area contributed by atoms with Gasteiger partial charge in [-0.3, -0.25) is 9.58 Å². The molecule has 0 aliphatic carbocycles.